The van der Waals surface area contributed by atoms with Crippen LogP contribution >= 0.6 is 0 Å². The predicted octanol–water partition coefficient (Wildman–Crippen LogP) is 1.88. The van der Waals surface area contributed by atoms with Gasteiger partial charge in [-0.1, -0.05) is 19.1 Å². The first-order valence-corrected chi connectivity index (χ1v) is 6.42. The zero-order chi connectivity index (χ0) is 13.0. The van der Waals surface area contributed by atoms with Gasteiger partial charge < -0.3 is 19.9 Å². The molecule has 0 spiro atoms. The Bertz CT molecular complexity index is 386. The molecule has 1 aliphatic rings. The zero-order valence-corrected chi connectivity index (χ0v) is 11.0. The summed E-state index contributed by atoms with van der Waals surface area (Å²) in [6.45, 7) is 6.23. The van der Waals surface area contributed by atoms with Crippen LogP contribution in [0.2, 0.25) is 0 Å². The Balaban J connectivity index is 2.32. The maximum absolute atomic E-state index is 5.88. The van der Waals surface area contributed by atoms with Crippen molar-refractivity contribution in [1.82, 2.24) is 0 Å². The topological polar surface area (TPSA) is 53.7 Å². The molecule has 100 valence electrons. The molecule has 1 heterocycles. The van der Waals surface area contributed by atoms with E-state index in [4.69, 9.17) is 19.9 Å². The molecule has 0 atom stereocenters. The molecular formula is C14H21NO3. The fraction of sp³-hybridized carbons (Fsp3) is 0.571. The van der Waals surface area contributed by atoms with Gasteiger partial charge in [0, 0.05) is 5.92 Å². The van der Waals surface area contributed by atoms with Gasteiger partial charge in [-0.25, -0.2) is 0 Å². The number of para-hydroxylation sites is 1. The largest absolute Gasteiger partial charge is 0.493 e. The van der Waals surface area contributed by atoms with E-state index in [0.29, 0.717) is 25.7 Å². The minimum Gasteiger partial charge on any atom is -0.493 e. The van der Waals surface area contributed by atoms with Crippen molar-refractivity contribution >= 4 is 0 Å². The number of ether oxygens (including phenoxy) is 3. The molecule has 0 saturated carbocycles. The van der Waals surface area contributed by atoms with Gasteiger partial charge in [-0.05, 0) is 19.1 Å². The number of benzene rings is 1. The van der Waals surface area contributed by atoms with E-state index >= 15 is 0 Å². The van der Waals surface area contributed by atoms with E-state index in [0.717, 1.165) is 11.3 Å². The smallest absolute Gasteiger partial charge is 0.211 e. The first kappa shape index (κ1) is 13.3. The summed E-state index contributed by atoms with van der Waals surface area (Å²) >= 11 is 0. The highest BCUT2D eigenvalue weighted by atomic mass is 16.7. The van der Waals surface area contributed by atoms with E-state index < -0.39 is 5.79 Å². The Morgan fingerprint density at radius 1 is 1.33 bits per heavy atom. The number of hydrogen-bond acceptors (Lipinski definition) is 4. The van der Waals surface area contributed by atoms with Crippen LogP contribution in [0.4, 0.5) is 0 Å². The lowest BCUT2D eigenvalue weighted by Crippen LogP contribution is -2.46. The molecule has 2 N–H and O–H groups in total. The average molecular weight is 251 g/mol. The molecule has 1 aliphatic heterocycles. The third kappa shape index (κ3) is 2.51. The first-order valence-electron chi connectivity index (χ1n) is 6.42. The Labute approximate surface area is 108 Å². The van der Waals surface area contributed by atoms with Crippen molar-refractivity contribution in [3.8, 4) is 5.75 Å². The summed E-state index contributed by atoms with van der Waals surface area (Å²) in [4.78, 5) is 0. The Kier molecular flexibility index (Phi) is 4.22. The van der Waals surface area contributed by atoms with E-state index in [2.05, 4.69) is 6.92 Å². The molecule has 0 aliphatic carbocycles. The van der Waals surface area contributed by atoms with Crippen molar-refractivity contribution in [3.63, 3.8) is 0 Å². The highest BCUT2D eigenvalue weighted by molar-refractivity contribution is 5.37. The third-order valence-electron chi connectivity index (χ3n) is 3.07. The van der Waals surface area contributed by atoms with Gasteiger partial charge in [-0.3, -0.25) is 0 Å². The number of hydrogen-bond donors (Lipinski definition) is 1. The second-order valence-corrected chi connectivity index (χ2v) is 4.61. The van der Waals surface area contributed by atoms with Crippen molar-refractivity contribution in [3.05, 3.63) is 29.8 Å². The van der Waals surface area contributed by atoms with Crippen LogP contribution in [0.25, 0.3) is 0 Å². The third-order valence-corrected chi connectivity index (χ3v) is 3.07. The van der Waals surface area contributed by atoms with E-state index in [1.807, 2.05) is 31.2 Å². The second kappa shape index (κ2) is 5.69. The molecule has 0 radical (unpaired) electrons. The van der Waals surface area contributed by atoms with Crippen LogP contribution < -0.4 is 10.5 Å². The Morgan fingerprint density at radius 2 is 2.00 bits per heavy atom. The molecule has 4 heteroatoms. The Hall–Kier alpha value is -1.10. The minimum absolute atomic E-state index is 0.282. The average Bonchev–Trinajstić information content (AvgIpc) is 2.41. The van der Waals surface area contributed by atoms with Crippen molar-refractivity contribution in [2.45, 2.75) is 19.6 Å². The summed E-state index contributed by atoms with van der Waals surface area (Å²) in [5.41, 5.74) is 6.75. The van der Waals surface area contributed by atoms with E-state index in [-0.39, 0.29) is 6.54 Å². The summed E-state index contributed by atoms with van der Waals surface area (Å²) in [5.74, 6) is 0.307. The molecule has 1 aromatic carbocycles. The number of nitrogens with two attached hydrogens (primary N) is 1. The van der Waals surface area contributed by atoms with Gasteiger partial charge in [-0.2, -0.15) is 0 Å². The maximum Gasteiger partial charge on any atom is 0.211 e. The van der Waals surface area contributed by atoms with Crippen molar-refractivity contribution in [2.24, 2.45) is 11.7 Å². The molecule has 1 fully saturated rings. The van der Waals surface area contributed by atoms with Crippen LogP contribution in [0.15, 0.2) is 24.3 Å². The van der Waals surface area contributed by atoms with Gasteiger partial charge in [0.25, 0.3) is 0 Å². The van der Waals surface area contributed by atoms with Gasteiger partial charge in [0.1, 0.15) is 5.75 Å². The summed E-state index contributed by atoms with van der Waals surface area (Å²) in [5, 5.41) is 0. The second-order valence-electron chi connectivity index (χ2n) is 4.61. The molecule has 18 heavy (non-hydrogen) atoms. The molecule has 0 amide bonds. The van der Waals surface area contributed by atoms with Crippen molar-refractivity contribution in [2.75, 3.05) is 26.4 Å². The fourth-order valence-corrected chi connectivity index (χ4v) is 2.09. The van der Waals surface area contributed by atoms with Gasteiger partial charge in [0.05, 0.1) is 31.9 Å². The van der Waals surface area contributed by atoms with Crippen LogP contribution in [0.1, 0.15) is 19.4 Å². The standard InChI is InChI=1S/C14H21NO3/c1-3-16-13-7-5-4-6-12(13)14(10-15)17-8-11(2)9-18-14/h4-7,11H,3,8-10,15H2,1-2H3. The van der Waals surface area contributed by atoms with Crippen molar-refractivity contribution < 1.29 is 14.2 Å². The molecule has 4 nitrogen and oxygen atoms in total. The van der Waals surface area contributed by atoms with Crippen LogP contribution in [0, 0.1) is 5.92 Å². The molecule has 0 aromatic heterocycles. The molecule has 0 bridgehead atoms. The zero-order valence-electron chi connectivity index (χ0n) is 11.0. The highest BCUT2D eigenvalue weighted by Crippen LogP contribution is 2.36. The van der Waals surface area contributed by atoms with Crippen LogP contribution in [0.3, 0.4) is 0 Å². The monoisotopic (exact) mass is 251 g/mol. The van der Waals surface area contributed by atoms with E-state index in [9.17, 15) is 0 Å². The Morgan fingerprint density at radius 3 is 2.61 bits per heavy atom. The predicted molar refractivity (Wildman–Crippen MR) is 69.4 cm³/mol. The van der Waals surface area contributed by atoms with Crippen molar-refractivity contribution in [1.29, 1.82) is 0 Å². The summed E-state index contributed by atoms with van der Waals surface area (Å²) in [7, 11) is 0. The van der Waals surface area contributed by atoms with E-state index in [1.54, 1.807) is 0 Å². The van der Waals surface area contributed by atoms with Crippen LogP contribution in [-0.4, -0.2) is 26.4 Å². The summed E-state index contributed by atoms with van der Waals surface area (Å²) in [6, 6.07) is 7.75. The maximum atomic E-state index is 5.88. The SMILES string of the molecule is CCOc1ccccc1C1(CN)OCC(C)CO1. The van der Waals surface area contributed by atoms with Crippen LogP contribution in [-0.2, 0) is 15.3 Å². The lowest BCUT2D eigenvalue weighted by molar-refractivity contribution is -0.284. The summed E-state index contributed by atoms with van der Waals surface area (Å²) in [6.07, 6.45) is 0. The van der Waals surface area contributed by atoms with Gasteiger partial charge in [0.15, 0.2) is 0 Å². The quantitative estimate of drug-likeness (QED) is 0.887. The molecule has 2 rings (SSSR count). The van der Waals surface area contributed by atoms with Gasteiger partial charge >= 0.3 is 0 Å². The van der Waals surface area contributed by atoms with Crippen LogP contribution in [0.5, 0.6) is 5.75 Å². The lowest BCUT2D eigenvalue weighted by Gasteiger charge is -2.39. The molecule has 1 aromatic rings. The number of rotatable bonds is 4. The highest BCUT2D eigenvalue weighted by Gasteiger charge is 2.39. The molecule has 0 unspecified atom stereocenters. The first-order chi connectivity index (χ1) is 8.72. The molecular weight excluding hydrogens is 230 g/mol. The summed E-state index contributed by atoms with van der Waals surface area (Å²) < 4.78 is 17.4. The molecule has 1 saturated heterocycles. The minimum atomic E-state index is -0.863. The lowest BCUT2D eigenvalue weighted by atomic mass is 10.0. The van der Waals surface area contributed by atoms with Gasteiger partial charge in [0.2, 0.25) is 5.79 Å². The van der Waals surface area contributed by atoms with Gasteiger partial charge in [-0.15, -0.1) is 0 Å². The fourth-order valence-electron chi connectivity index (χ4n) is 2.09. The normalized spacial score (nSPS) is 28.1. The van der Waals surface area contributed by atoms with E-state index in [1.165, 1.54) is 0 Å².